The molecule has 30 heavy (non-hydrogen) atoms. The number of nitrogens with one attached hydrogen (secondary N) is 1. The molecule has 0 aromatic heterocycles. The first kappa shape index (κ1) is 20.7. The van der Waals surface area contributed by atoms with Gasteiger partial charge in [-0.2, -0.15) is 4.31 Å². The van der Waals surface area contributed by atoms with E-state index < -0.39 is 21.7 Å². The van der Waals surface area contributed by atoms with E-state index in [0.29, 0.717) is 36.3 Å². The second-order valence-corrected chi connectivity index (χ2v) is 10.0. The number of benzene rings is 2. The smallest absolute Gasteiger partial charge is 0.321 e. The Morgan fingerprint density at radius 2 is 1.67 bits per heavy atom. The number of anilines is 1. The van der Waals surface area contributed by atoms with Crippen LogP contribution in [0.1, 0.15) is 19.3 Å². The highest BCUT2D eigenvalue weighted by Gasteiger charge is 2.43. The zero-order valence-electron chi connectivity index (χ0n) is 16.5. The van der Waals surface area contributed by atoms with Gasteiger partial charge in [-0.3, -0.25) is 0 Å². The number of halogens is 2. The van der Waals surface area contributed by atoms with E-state index in [2.05, 4.69) is 5.32 Å². The Kier molecular flexibility index (Phi) is 5.50. The van der Waals surface area contributed by atoms with E-state index in [1.165, 1.54) is 21.3 Å². The van der Waals surface area contributed by atoms with E-state index in [9.17, 15) is 22.0 Å². The Balaban J connectivity index is 1.37. The van der Waals surface area contributed by atoms with Gasteiger partial charge in [0.05, 0.1) is 5.25 Å². The summed E-state index contributed by atoms with van der Waals surface area (Å²) in [6, 6.07) is 9.42. The molecule has 160 valence electrons. The third-order valence-corrected chi connectivity index (χ3v) is 8.00. The lowest BCUT2D eigenvalue weighted by molar-refractivity contribution is 0.206. The Hall–Kier alpha value is -2.52. The number of carbonyl (C=O) groups is 1. The first-order valence-corrected chi connectivity index (χ1v) is 11.3. The van der Waals surface area contributed by atoms with Crippen LogP contribution in [-0.4, -0.2) is 55.1 Å². The van der Waals surface area contributed by atoms with Gasteiger partial charge in [0.1, 0.15) is 11.6 Å². The number of rotatable bonds is 5. The minimum atomic E-state index is -3.23. The molecule has 2 aromatic carbocycles. The van der Waals surface area contributed by atoms with Crippen LogP contribution in [0.4, 0.5) is 19.3 Å². The molecule has 1 saturated heterocycles. The molecular formula is C21H23F2N3O3S. The van der Waals surface area contributed by atoms with E-state index in [1.807, 2.05) is 0 Å². The highest BCUT2D eigenvalue weighted by molar-refractivity contribution is 7.90. The molecule has 4 rings (SSSR count). The van der Waals surface area contributed by atoms with Gasteiger partial charge in [0.25, 0.3) is 0 Å². The summed E-state index contributed by atoms with van der Waals surface area (Å²) in [5.41, 5.74) is 1.56. The molecule has 1 N–H and O–H groups in total. The highest BCUT2D eigenvalue weighted by Crippen LogP contribution is 2.33. The molecule has 9 heteroatoms. The van der Waals surface area contributed by atoms with Gasteiger partial charge >= 0.3 is 6.03 Å². The molecule has 0 radical (unpaired) electrons. The van der Waals surface area contributed by atoms with Crippen LogP contribution in [0.15, 0.2) is 42.5 Å². The van der Waals surface area contributed by atoms with Crippen molar-refractivity contribution in [3.05, 3.63) is 54.1 Å². The average Bonchev–Trinajstić information content (AvgIpc) is 3.45. The third kappa shape index (κ3) is 4.32. The molecule has 1 saturated carbocycles. The number of carbonyl (C=O) groups excluding carboxylic acids is 1. The van der Waals surface area contributed by atoms with Crippen molar-refractivity contribution in [3.63, 3.8) is 0 Å². The highest BCUT2D eigenvalue weighted by atomic mass is 32.2. The Morgan fingerprint density at radius 1 is 1.03 bits per heavy atom. The van der Waals surface area contributed by atoms with Crippen LogP contribution in [0.2, 0.25) is 0 Å². The second kappa shape index (κ2) is 7.96. The summed E-state index contributed by atoms with van der Waals surface area (Å²) in [6.45, 7) is 0.743. The minimum Gasteiger partial charge on any atom is -0.323 e. The van der Waals surface area contributed by atoms with Crippen molar-refractivity contribution in [1.82, 2.24) is 9.21 Å². The number of urea groups is 1. The molecule has 0 unspecified atom stereocenters. The van der Waals surface area contributed by atoms with Gasteiger partial charge in [-0.1, -0.05) is 12.1 Å². The van der Waals surface area contributed by atoms with Crippen LogP contribution >= 0.6 is 0 Å². The summed E-state index contributed by atoms with van der Waals surface area (Å²) in [7, 11) is -1.58. The molecule has 1 aliphatic heterocycles. The first-order chi connectivity index (χ1) is 14.2. The van der Waals surface area contributed by atoms with Crippen molar-refractivity contribution in [2.24, 2.45) is 0 Å². The van der Waals surface area contributed by atoms with Crippen LogP contribution in [0.3, 0.4) is 0 Å². The van der Waals surface area contributed by atoms with Crippen molar-refractivity contribution >= 4 is 21.7 Å². The summed E-state index contributed by atoms with van der Waals surface area (Å²) in [5, 5.41) is 2.53. The Bertz CT molecular complexity index is 1040. The fraction of sp³-hybridized carbons (Fsp3) is 0.381. The first-order valence-electron chi connectivity index (χ1n) is 9.83. The van der Waals surface area contributed by atoms with E-state index in [4.69, 9.17) is 0 Å². The average molecular weight is 435 g/mol. The van der Waals surface area contributed by atoms with Crippen molar-refractivity contribution in [2.75, 3.05) is 25.5 Å². The lowest BCUT2D eigenvalue weighted by atomic mass is 10.1. The predicted octanol–water partition coefficient (Wildman–Crippen LogP) is 3.66. The lowest BCUT2D eigenvalue weighted by Gasteiger charge is -2.25. The van der Waals surface area contributed by atoms with E-state index in [1.54, 1.807) is 31.3 Å². The van der Waals surface area contributed by atoms with Crippen LogP contribution in [0.25, 0.3) is 11.1 Å². The molecule has 2 aliphatic rings. The number of likely N-dealkylation sites (N-methyl/N-ethyl adjacent to an activating group) is 1. The van der Waals surface area contributed by atoms with Crippen LogP contribution in [0.5, 0.6) is 0 Å². The van der Waals surface area contributed by atoms with Gasteiger partial charge in [-0.15, -0.1) is 0 Å². The summed E-state index contributed by atoms with van der Waals surface area (Å²) in [6.07, 6.45) is 2.04. The van der Waals surface area contributed by atoms with Crippen molar-refractivity contribution in [3.8, 4) is 11.1 Å². The second-order valence-electron chi connectivity index (χ2n) is 7.82. The standard InChI is InChI=1S/C21H23F2N3O3S/c1-25(19-8-9-26(13-19)30(28,29)20-6-7-20)21(27)24-18-4-2-14(3-5-18)15-10-16(22)12-17(23)11-15/h2-5,10-12,19-20H,6-9,13H2,1H3,(H,24,27)/t19-/m0/s1. The molecule has 6 nitrogen and oxygen atoms in total. The number of sulfonamides is 1. The molecular weight excluding hydrogens is 412 g/mol. The zero-order chi connectivity index (χ0) is 21.5. The van der Waals surface area contributed by atoms with Gasteiger partial charge in [-0.25, -0.2) is 22.0 Å². The maximum absolute atomic E-state index is 13.4. The molecule has 0 bridgehead atoms. The molecule has 2 aromatic rings. The van der Waals surface area contributed by atoms with Crippen molar-refractivity contribution in [2.45, 2.75) is 30.6 Å². The quantitative estimate of drug-likeness (QED) is 0.779. The summed E-state index contributed by atoms with van der Waals surface area (Å²) >= 11 is 0. The molecule has 1 atom stereocenters. The summed E-state index contributed by atoms with van der Waals surface area (Å²) < 4.78 is 53.1. The molecule has 1 heterocycles. The van der Waals surface area contributed by atoms with Crippen molar-refractivity contribution in [1.29, 1.82) is 0 Å². The predicted molar refractivity (Wildman–Crippen MR) is 110 cm³/mol. The normalized spacial score (nSPS) is 19.6. The lowest BCUT2D eigenvalue weighted by Crippen LogP contribution is -2.42. The van der Waals surface area contributed by atoms with Gasteiger partial charge in [-0.05, 0) is 54.7 Å². The Labute approximate surface area is 174 Å². The maximum atomic E-state index is 13.4. The van der Waals surface area contributed by atoms with Gasteiger partial charge in [0.2, 0.25) is 10.0 Å². The number of amides is 2. The van der Waals surface area contributed by atoms with Gasteiger partial charge in [0, 0.05) is 37.9 Å². The van der Waals surface area contributed by atoms with E-state index in [-0.39, 0.29) is 17.3 Å². The molecule has 2 amide bonds. The minimum absolute atomic E-state index is 0.187. The Morgan fingerprint density at radius 3 is 2.27 bits per heavy atom. The van der Waals surface area contributed by atoms with Gasteiger partial charge < -0.3 is 10.2 Å². The van der Waals surface area contributed by atoms with Gasteiger partial charge in [0.15, 0.2) is 0 Å². The SMILES string of the molecule is CN(C(=O)Nc1ccc(-c2cc(F)cc(F)c2)cc1)[C@H]1CCN(S(=O)(=O)C2CC2)C1. The van der Waals surface area contributed by atoms with Crippen LogP contribution < -0.4 is 5.32 Å². The summed E-state index contributed by atoms with van der Waals surface area (Å²) in [5.74, 6) is -1.31. The van der Waals surface area contributed by atoms with Crippen LogP contribution in [-0.2, 0) is 10.0 Å². The molecule has 2 fully saturated rings. The molecule has 0 spiro atoms. The van der Waals surface area contributed by atoms with E-state index >= 15 is 0 Å². The van der Waals surface area contributed by atoms with Crippen molar-refractivity contribution < 1.29 is 22.0 Å². The number of nitrogens with zero attached hydrogens (tertiary/aromatic N) is 2. The fourth-order valence-electron chi connectivity index (χ4n) is 3.68. The largest absolute Gasteiger partial charge is 0.323 e. The fourth-order valence-corrected chi connectivity index (χ4v) is 5.57. The van der Waals surface area contributed by atoms with Crippen LogP contribution in [0, 0.1) is 11.6 Å². The third-order valence-electron chi connectivity index (χ3n) is 5.63. The monoisotopic (exact) mass is 435 g/mol. The maximum Gasteiger partial charge on any atom is 0.321 e. The summed E-state index contributed by atoms with van der Waals surface area (Å²) in [4.78, 5) is 14.1. The zero-order valence-corrected chi connectivity index (χ0v) is 17.3. The molecule has 1 aliphatic carbocycles. The topological polar surface area (TPSA) is 69.7 Å². The number of hydrogen-bond acceptors (Lipinski definition) is 3. The van der Waals surface area contributed by atoms with E-state index in [0.717, 1.165) is 18.9 Å². The number of hydrogen-bond donors (Lipinski definition) is 1.